The number of carbonyl (C=O) groups excluding carboxylic acids is 3. The first-order chi connectivity index (χ1) is 15.6. The third-order valence-electron chi connectivity index (χ3n) is 5.01. The van der Waals surface area contributed by atoms with E-state index in [1.807, 2.05) is 27.7 Å². The Morgan fingerprint density at radius 2 is 1.61 bits per heavy atom. The van der Waals surface area contributed by atoms with Crippen molar-refractivity contribution in [1.29, 1.82) is 0 Å². The van der Waals surface area contributed by atoms with E-state index in [2.05, 4.69) is 20.8 Å². The van der Waals surface area contributed by atoms with E-state index in [-0.39, 0.29) is 49.2 Å². The first-order valence-corrected chi connectivity index (χ1v) is 11.2. The van der Waals surface area contributed by atoms with Crippen molar-refractivity contribution in [3.63, 3.8) is 0 Å². The summed E-state index contributed by atoms with van der Waals surface area (Å²) in [5, 5.41) is 18.9. The van der Waals surface area contributed by atoms with Crippen LogP contribution in [0, 0.1) is 11.8 Å². The summed E-state index contributed by atoms with van der Waals surface area (Å²) >= 11 is 0. The Labute approximate surface area is 196 Å². The lowest BCUT2D eigenvalue weighted by Crippen LogP contribution is -2.59. The van der Waals surface area contributed by atoms with Crippen molar-refractivity contribution in [1.82, 2.24) is 20.9 Å². The molecule has 3 amide bonds. The fraction of sp³-hybridized carbons (Fsp3) is 0.857. The molecule has 0 spiro atoms. The lowest BCUT2D eigenvalue weighted by Gasteiger charge is -2.37. The summed E-state index contributed by atoms with van der Waals surface area (Å²) < 4.78 is 10.8. The molecule has 0 aliphatic carbocycles. The Kier molecular flexibility index (Phi) is 16.6. The van der Waals surface area contributed by atoms with E-state index >= 15 is 0 Å². The van der Waals surface area contributed by atoms with E-state index in [4.69, 9.17) is 15.4 Å². The molecule has 12 nitrogen and oxygen atoms in total. The largest absolute Gasteiger partial charge is 0.379 e. The van der Waals surface area contributed by atoms with Crippen LogP contribution in [-0.4, -0.2) is 99.7 Å². The zero-order valence-electron chi connectivity index (χ0n) is 20.8. The van der Waals surface area contributed by atoms with Crippen molar-refractivity contribution in [3.05, 3.63) is 0 Å². The maximum atomic E-state index is 12.6. The van der Waals surface area contributed by atoms with Crippen molar-refractivity contribution >= 4 is 17.7 Å². The van der Waals surface area contributed by atoms with Gasteiger partial charge in [0.05, 0.1) is 44.9 Å². The Hall–Kier alpha value is -1.83. The van der Waals surface area contributed by atoms with Crippen LogP contribution in [0.15, 0.2) is 0 Å². The Morgan fingerprint density at radius 1 is 1.00 bits per heavy atom. The van der Waals surface area contributed by atoms with Crippen molar-refractivity contribution in [3.8, 4) is 0 Å². The van der Waals surface area contributed by atoms with Gasteiger partial charge in [0.15, 0.2) is 0 Å². The number of likely N-dealkylation sites (N-methyl/N-ethyl adjacent to an activating group) is 2. The second-order valence-electron chi connectivity index (χ2n) is 8.32. The zero-order valence-corrected chi connectivity index (χ0v) is 20.8. The predicted octanol–water partition coefficient (Wildman–Crippen LogP) is -1.42. The van der Waals surface area contributed by atoms with Crippen LogP contribution in [0.25, 0.3) is 0 Å². The van der Waals surface area contributed by atoms with Gasteiger partial charge < -0.3 is 30.1 Å². The molecule has 0 saturated carbocycles. The predicted molar refractivity (Wildman–Crippen MR) is 123 cm³/mol. The molecule has 33 heavy (non-hydrogen) atoms. The second-order valence-corrected chi connectivity index (χ2v) is 8.32. The van der Waals surface area contributed by atoms with E-state index in [1.54, 1.807) is 14.1 Å². The van der Waals surface area contributed by atoms with Gasteiger partial charge in [0.1, 0.15) is 12.8 Å². The van der Waals surface area contributed by atoms with Crippen LogP contribution in [-0.2, 0) is 28.7 Å². The molecule has 2 unspecified atom stereocenters. The van der Waals surface area contributed by atoms with E-state index in [9.17, 15) is 19.5 Å². The third-order valence-corrected chi connectivity index (χ3v) is 5.01. The molecule has 12 heteroatoms. The van der Waals surface area contributed by atoms with Gasteiger partial charge in [-0.2, -0.15) is 0 Å². The highest BCUT2D eigenvalue weighted by atomic mass is 16.6. The number of rotatable bonds is 18. The summed E-state index contributed by atoms with van der Waals surface area (Å²) in [4.78, 5) is 41.6. The van der Waals surface area contributed by atoms with Crippen LogP contribution in [0.1, 0.15) is 34.1 Å². The third kappa shape index (κ3) is 12.8. The Morgan fingerprint density at radius 3 is 2.12 bits per heavy atom. The van der Waals surface area contributed by atoms with Gasteiger partial charge in [0.2, 0.25) is 17.7 Å². The average molecular weight is 478 g/mol. The molecule has 3 atom stereocenters. The van der Waals surface area contributed by atoms with Crippen molar-refractivity contribution in [2.45, 2.75) is 52.4 Å². The molecule has 0 aliphatic rings. The van der Waals surface area contributed by atoms with Crippen molar-refractivity contribution in [2.75, 3.05) is 53.7 Å². The molecule has 6 N–H and O–H groups in total. The lowest BCUT2D eigenvalue weighted by atomic mass is 9.97. The van der Waals surface area contributed by atoms with E-state index in [0.717, 1.165) is 0 Å². The van der Waals surface area contributed by atoms with Gasteiger partial charge >= 0.3 is 0 Å². The number of nitrogens with two attached hydrogens (primary N) is 1. The van der Waals surface area contributed by atoms with Gasteiger partial charge in [0.25, 0.3) is 0 Å². The van der Waals surface area contributed by atoms with E-state index in [1.165, 1.54) is 4.90 Å². The fourth-order valence-corrected chi connectivity index (χ4v) is 3.25. The first-order valence-electron chi connectivity index (χ1n) is 11.2. The minimum Gasteiger partial charge on any atom is -0.379 e. The topological polar surface area (TPSA) is 164 Å². The maximum absolute atomic E-state index is 12.6. The monoisotopic (exact) mass is 477 g/mol. The second kappa shape index (κ2) is 17.6. The average Bonchev–Trinajstić information content (AvgIpc) is 2.75. The molecule has 0 radical (unpaired) electrons. The maximum Gasteiger partial charge on any atom is 0.248 e. The molecule has 0 aromatic carbocycles. The summed E-state index contributed by atoms with van der Waals surface area (Å²) in [5.41, 5.74) is 0. The molecule has 0 aromatic heterocycles. The lowest BCUT2D eigenvalue weighted by molar-refractivity contribution is -0.138. The number of aliphatic hydroxyl groups excluding tert-OH is 1. The van der Waals surface area contributed by atoms with Crippen LogP contribution < -0.4 is 21.8 Å². The minimum atomic E-state index is -1.07. The van der Waals surface area contributed by atoms with Crippen LogP contribution in [0.4, 0.5) is 0 Å². The standard InChI is InChI=1S/C21H43N5O7/c1-14(2)18(20(29)23-5)25-21(30)19(15(3)4)26(6)17(28)7-9-31-11-12-32-10-8-24-16(27)13-33-22/h14-15,18-19,21,25,30H,7-13,22H2,1-6H3,(H,23,29)(H,24,27)/t18-,19?,21?/m0/s1. The van der Waals surface area contributed by atoms with E-state index < -0.39 is 18.3 Å². The zero-order chi connectivity index (χ0) is 25.4. The Balaban J connectivity index is 4.38. The molecule has 0 fully saturated rings. The van der Waals surface area contributed by atoms with Gasteiger partial charge in [0, 0.05) is 20.6 Å². The molecule has 0 bridgehead atoms. The van der Waals surface area contributed by atoms with Gasteiger partial charge in [-0.25, -0.2) is 5.90 Å². The number of aliphatic hydroxyl groups is 1. The number of nitrogens with zero attached hydrogens (tertiary/aromatic N) is 1. The highest BCUT2D eigenvalue weighted by Crippen LogP contribution is 2.15. The normalized spacial score (nSPS) is 14.1. The number of hydrogen-bond acceptors (Lipinski definition) is 9. The molecule has 0 rings (SSSR count). The quantitative estimate of drug-likeness (QED) is 0.0905. The summed E-state index contributed by atoms with van der Waals surface area (Å²) in [6.07, 6.45) is -0.931. The SMILES string of the molecule is CNC(=O)[C@@H](NC(O)C(C(C)C)N(C)C(=O)CCOCCOCCNC(=O)CON)C(C)C. The molecule has 194 valence electrons. The van der Waals surface area contributed by atoms with Crippen LogP contribution in [0.2, 0.25) is 0 Å². The molecule has 0 aromatic rings. The van der Waals surface area contributed by atoms with E-state index in [0.29, 0.717) is 26.4 Å². The molecular weight excluding hydrogens is 434 g/mol. The van der Waals surface area contributed by atoms with Crippen LogP contribution in [0.3, 0.4) is 0 Å². The minimum absolute atomic E-state index is 0.0414. The van der Waals surface area contributed by atoms with Gasteiger partial charge in [-0.05, 0) is 11.8 Å². The Bertz CT molecular complexity index is 577. The van der Waals surface area contributed by atoms with Gasteiger partial charge in [-0.1, -0.05) is 27.7 Å². The van der Waals surface area contributed by atoms with Crippen molar-refractivity contribution in [2.24, 2.45) is 17.7 Å². The number of hydrogen-bond donors (Lipinski definition) is 5. The molecule has 0 aliphatic heterocycles. The van der Waals surface area contributed by atoms with Gasteiger partial charge in [-0.3, -0.25) is 24.5 Å². The number of carbonyl (C=O) groups is 3. The summed E-state index contributed by atoms with van der Waals surface area (Å²) in [6.45, 7) is 8.84. The molecular formula is C21H43N5O7. The number of ether oxygens (including phenoxy) is 2. The number of amides is 3. The van der Waals surface area contributed by atoms with Gasteiger partial charge in [-0.15, -0.1) is 0 Å². The fourth-order valence-electron chi connectivity index (χ4n) is 3.25. The summed E-state index contributed by atoms with van der Waals surface area (Å²) in [6, 6.07) is -1.10. The molecule has 0 heterocycles. The molecule has 0 saturated heterocycles. The number of nitrogens with one attached hydrogen (secondary N) is 3. The van der Waals surface area contributed by atoms with Crippen molar-refractivity contribution < 1.29 is 33.8 Å². The summed E-state index contributed by atoms with van der Waals surface area (Å²) in [5.74, 6) is 3.98. The van der Waals surface area contributed by atoms with Crippen LogP contribution in [0.5, 0.6) is 0 Å². The highest BCUT2D eigenvalue weighted by Gasteiger charge is 2.33. The van der Waals surface area contributed by atoms with Crippen LogP contribution >= 0.6 is 0 Å². The highest BCUT2D eigenvalue weighted by molar-refractivity contribution is 5.81. The summed E-state index contributed by atoms with van der Waals surface area (Å²) in [7, 11) is 3.18. The first kappa shape index (κ1) is 31.2. The smallest absolute Gasteiger partial charge is 0.248 e.